The van der Waals surface area contributed by atoms with Gasteiger partial charge in [0.25, 0.3) is 5.92 Å². The van der Waals surface area contributed by atoms with E-state index in [4.69, 9.17) is 0 Å². The number of halogens is 5. The minimum atomic E-state index is -4.70. The lowest BCUT2D eigenvalue weighted by Crippen LogP contribution is -2.26. The fourth-order valence-corrected chi connectivity index (χ4v) is 5.86. The van der Waals surface area contributed by atoms with Crippen LogP contribution >= 0.6 is 11.8 Å². The van der Waals surface area contributed by atoms with Gasteiger partial charge in [0, 0.05) is 65.0 Å². The summed E-state index contributed by atoms with van der Waals surface area (Å²) in [5.41, 5.74) is -0.240. The molecule has 0 amide bonds. The Morgan fingerprint density at radius 2 is 2.00 bits per heavy atom. The highest BCUT2D eigenvalue weighted by molar-refractivity contribution is 7.99. The Morgan fingerprint density at radius 1 is 1.18 bits per heavy atom. The summed E-state index contributed by atoms with van der Waals surface area (Å²) in [7, 11) is 0. The number of benzene rings is 1. The Balaban J connectivity index is 1.77. The summed E-state index contributed by atoms with van der Waals surface area (Å²) in [6.45, 7) is 0.210. The zero-order valence-electron chi connectivity index (χ0n) is 17.2. The summed E-state index contributed by atoms with van der Waals surface area (Å²) in [6.07, 6.45) is -2.01. The van der Waals surface area contributed by atoms with Crippen molar-refractivity contribution in [3.8, 4) is 0 Å². The maximum absolute atomic E-state index is 14.2. The lowest BCUT2D eigenvalue weighted by atomic mass is 9.88. The molecule has 0 radical (unpaired) electrons. The van der Waals surface area contributed by atoms with Gasteiger partial charge in [0.1, 0.15) is 0 Å². The van der Waals surface area contributed by atoms with Crippen LogP contribution in [0.5, 0.6) is 0 Å². The molecule has 1 unspecified atom stereocenters. The molecule has 0 spiro atoms. The van der Waals surface area contributed by atoms with E-state index in [0.29, 0.717) is 11.3 Å². The molecule has 2 aromatic heterocycles. The Kier molecular flexibility index (Phi) is 5.30. The topological polar surface area (TPSA) is 47.8 Å². The third-order valence-electron chi connectivity index (χ3n) is 6.07. The largest absolute Gasteiger partial charge is 0.417 e. The van der Waals surface area contributed by atoms with E-state index >= 15 is 0 Å². The molecule has 4 nitrogen and oxygen atoms in total. The lowest BCUT2D eigenvalue weighted by molar-refractivity contribution is -0.137. The lowest BCUT2D eigenvalue weighted by Gasteiger charge is -2.26. The number of allylic oxidation sites excluding steroid dienone is 2. The molecule has 5 rings (SSSR count). The number of thioether (sulfide) groups is 1. The van der Waals surface area contributed by atoms with E-state index in [9.17, 15) is 26.7 Å². The van der Waals surface area contributed by atoms with Crippen LogP contribution in [0.4, 0.5) is 22.0 Å². The first kappa shape index (κ1) is 22.1. The Hall–Kier alpha value is -2.75. The third kappa shape index (κ3) is 4.05. The van der Waals surface area contributed by atoms with Gasteiger partial charge >= 0.3 is 11.9 Å². The van der Waals surface area contributed by atoms with Crippen molar-refractivity contribution in [3.05, 3.63) is 70.0 Å². The van der Waals surface area contributed by atoms with Gasteiger partial charge in [-0.3, -0.25) is 9.55 Å². The first-order chi connectivity index (χ1) is 15.6. The molecular formula is C23H18F5N3OS. The van der Waals surface area contributed by atoms with Crippen LogP contribution in [-0.4, -0.2) is 26.2 Å². The molecule has 172 valence electrons. The number of alkyl halides is 5. The zero-order chi connectivity index (χ0) is 23.4. The van der Waals surface area contributed by atoms with Gasteiger partial charge < -0.3 is 0 Å². The van der Waals surface area contributed by atoms with Crippen molar-refractivity contribution in [2.75, 3.05) is 5.75 Å². The van der Waals surface area contributed by atoms with Crippen molar-refractivity contribution in [1.82, 2.24) is 14.5 Å². The van der Waals surface area contributed by atoms with Gasteiger partial charge in [0.2, 0.25) is 0 Å². The number of nitrogens with zero attached hydrogens (tertiary/aromatic N) is 3. The van der Waals surface area contributed by atoms with Gasteiger partial charge in [-0.05, 0) is 30.2 Å². The van der Waals surface area contributed by atoms with Gasteiger partial charge in [-0.25, -0.2) is 18.6 Å². The van der Waals surface area contributed by atoms with Crippen LogP contribution in [0.1, 0.15) is 42.0 Å². The van der Waals surface area contributed by atoms with Crippen LogP contribution in [0.15, 0.2) is 52.4 Å². The minimum Gasteiger partial charge on any atom is -0.290 e. The molecule has 2 aliphatic rings. The van der Waals surface area contributed by atoms with Crippen LogP contribution in [0.3, 0.4) is 0 Å². The molecule has 10 heteroatoms. The van der Waals surface area contributed by atoms with E-state index in [-0.39, 0.29) is 40.3 Å². The normalized spacial score (nSPS) is 20.4. The second-order valence-corrected chi connectivity index (χ2v) is 9.30. The van der Waals surface area contributed by atoms with E-state index in [2.05, 4.69) is 9.97 Å². The molecule has 1 aliphatic carbocycles. The Labute approximate surface area is 189 Å². The number of pyridine rings is 1. The third-order valence-corrected chi connectivity index (χ3v) is 7.33. The highest BCUT2D eigenvalue weighted by Gasteiger charge is 2.40. The van der Waals surface area contributed by atoms with E-state index in [1.807, 2.05) is 12.1 Å². The molecular weight excluding hydrogens is 461 g/mol. The smallest absolute Gasteiger partial charge is 0.290 e. The second-order valence-electron chi connectivity index (χ2n) is 8.27. The highest BCUT2D eigenvalue weighted by Crippen LogP contribution is 2.48. The van der Waals surface area contributed by atoms with Crippen molar-refractivity contribution in [3.63, 3.8) is 0 Å². The molecule has 0 fully saturated rings. The van der Waals surface area contributed by atoms with Gasteiger partial charge in [-0.15, -0.1) is 11.8 Å². The van der Waals surface area contributed by atoms with Gasteiger partial charge in [0.05, 0.1) is 11.1 Å². The quantitative estimate of drug-likeness (QED) is 0.430. The van der Waals surface area contributed by atoms with Gasteiger partial charge in [-0.2, -0.15) is 13.2 Å². The van der Waals surface area contributed by atoms with Crippen LogP contribution in [0.25, 0.3) is 16.5 Å². The first-order valence-corrected chi connectivity index (χ1v) is 11.4. The standard InChI is InChI=1S/C23H18F5N3OS/c24-22(25)6-4-13(5-7-22)18-16(23(26,27)28)9-14-10-30-21(32)31-11-15(12-33-20(18)19(14)31)17-3-1-2-8-29-17/h1-4,8-10,15H,5-7,11-12H2. The van der Waals surface area contributed by atoms with Crippen molar-refractivity contribution < 1.29 is 22.0 Å². The molecule has 1 aromatic carbocycles. The minimum absolute atomic E-state index is 0.100. The molecule has 0 N–H and O–H groups in total. The summed E-state index contributed by atoms with van der Waals surface area (Å²) >= 11 is 1.21. The first-order valence-electron chi connectivity index (χ1n) is 10.4. The van der Waals surface area contributed by atoms with Crippen molar-refractivity contribution in [1.29, 1.82) is 0 Å². The average molecular weight is 479 g/mol. The zero-order valence-corrected chi connectivity index (χ0v) is 18.0. The number of hydrogen-bond acceptors (Lipinski definition) is 4. The molecule has 0 saturated heterocycles. The number of rotatable bonds is 2. The van der Waals surface area contributed by atoms with Crippen molar-refractivity contribution in [2.45, 2.75) is 48.7 Å². The summed E-state index contributed by atoms with van der Waals surface area (Å²) < 4.78 is 71.4. The predicted molar refractivity (Wildman–Crippen MR) is 115 cm³/mol. The molecule has 33 heavy (non-hydrogen) atoms. The fraction of sp³-hybridized carbons (Fsp3) is 0.348. The van der Waals surface area contributed by atoms with Crippen LogP contribution < -0.4 is 5.69 Å². The molecule has 3 heterocycles. The average Bonchev–Trinajstić information content (AvgIpc) is 2.98. The summed E-state index contributed by atoms with van der Waals surface area (Å²) in [5, 5.41) is 0.191. The second kappa shape index (κ2) is 7.93. The Morgan fingerprint density at radius 3 is 2.67 bits per heavy atom. The van der Waals surface area contributed by atoms with E-state index in [1.54, 1.807) is 12.3 Å². The summed E-state index contributed by atoms with van der Waals surface area (Å²) in [6, 6.07) is 6.36. The fourth-order valence-electron chi connectivity index (χ4n) is 4.46. The maximum atomic E-state index is 14.2. The molecule has 0 saturated carbocycles. The van der Waals surface area contributed by atoms with E-state index < -0.39 is 36.2 Å². The monoisotopic (exact) mass is 479 g/mol. The van der Waals surface area contributed by atoms with E-state index in [1.165, 1.54) is 22.4 Å². The summed E-state index contributed by atoms with van der Waals surface area (Å²) in [4.78, 5) is 21.2. The van der Waals surface area contributed by atoms with Crippen LogP contribution in [-0.2, 0) is 12.7 Å². The van der Waals surface area contributed by atoms with Crippen LogP contribution in [0, 0.1) is 0 Å². The SMILES string of the molecule is O=c1ncc2cc(C(F)(F)F)c(C3=CCC(F)(F)CC3)c3c2n1CC(c1ccccn1)CS3. The molecule has 1 atom stereocenters. The number of hydrogen-bond donors (Lipinski definition) is 0. The van der Waals surface area contributed by atoms with Gasteiger partial charge in [0.15, 0.2) is 0 Å². The van der Waals surface area contributed by atoms with Crippen molar-refractivity contribution in [2.24, 2.45) is 0 Å². The van der Waals surface area contributed by atoms with E-state index in [0.717, 1.165) is 18.0 Å². The number of aromatic nitrogens is 3. The predicted octanol–water partition coefficient (Wildman–Crippen LogP) is 5.90. The van der Waals surface area contributed by atoms with Crippen LogP contribution in [0.2, 0.25) is 0 Å². The highest BCUT2D eigenvalue weighted by atomic mass is 32.2. The van der Waals surface area contributed by atoms with Crippen molar-refractivity contribution >= 4 is 28.2 Å². The molecule has 3 aromatic rings. The maximum Gasteiger partial charge on any atom is 0.417 e. The Bertz CT molecular complexity index is 1320. The molecule has 1 aliphatic heterocycles. The van der Waals surface area contributed by atoms with Gasteiger partial charge in [-0.1, -0.05) is 12.1 Å². The summed E-state index contributed by atoms with van der Waals surface area (Å²) in [5.74, 6) is -2.79. The molecule has 0 bridgehead atoms.